The molecule has 0 unspecified atom stereocenters. The fourth-order valence-corrected chi connectivity index (χ4v) is 3.27. The Morgan fingerprint density at radius 2 is 1.87 bits per heavy atom. The summed E-state index contributed by atoms with van der Waals surface area (Å²) in [5.74, 6) is -1.80. The number of benzene rings is 2. The Hall–Kier alpha value is -3.68. The number of likely N-dealkylation sites (N-methyl/N-ethyl adjacent to an activating group) is 1. The summed E-state index contributed by atoms with van der Waals surface area (Å²) < 4.78 is 14.2. The molecule has 3 rings (SSSR count). The van der Waals surface area contributed by atoms with Gasteiger partial charge in [-0.2, -0.15) is 5.10 Å². The first kappa shape index (κ1) is 22.0. The molecule has 1 saturated heterocycles. The average molecular weight is 424 g/mol. The van der Waals surface area contributed by atoms with E-state index in [-0.39, 0.29) is 12.1 Å². The van der Waals surface area contributed by atoms with Gasteiger partial charge in [-0.05, 0) is 48.2 Å². The van der Waals surface area contributed by atoms with Gasteiger partial charge in [0, 0.05) is 31.4 Å². The number of nitrogens with zero attached hydrogens (tertiary/aromatic N) is 3. The molecule has 0 radical (unpaired) electrons. The van der Waals surface area contributed by atoms with Crippen molar-refractivity contribution in [2.75, 3.05) is 31.6 Å². The van der Waals surface area contributed by atoms with Crippen molar-refractivity contribution >= 4 is 36.4 Å². The lowest BCUT2D eigenvalue weighted by atomic mass is 10.1. The van der Waals surface area contributed by atoms with Crippen LogP contribution in [0.2, 0.25) is 0 Å². The number of phenols is 1. The second kappa shape index (κ2) is 10.4. The number of rotatable bonds is 8. The van der Waals surface area contributed by atoms with Crippen LogP contribution in [0.25, 0.3) is 12.2 Å². The molecule has 7 nitrogen and oxygen atoms in total. The van der Waals surface area contributed by atoms with Crippen molar-refractivity contribution in [1.82, 2.24) is 10.3 Å². The highest BCUT2D eigenvalue weighted by molar-refractivity contribution is 5.86. The summed E-state index contributed by atoms with van der Waals surface area (Å²) in [5, 5.41) is 17.0. The first-order chi connectivity index (χ1) is 15.0. The van der Waals surface area contributed by atoms with Gasteiger partial charge in [0.25, 0.3) is 0 Å². The number of hydrogen-bond donors (Lipinski definition) is 2. The molecule has 2 N–H and O–H groups in total. The molecular formula is C23H25FN4O3. The van der Waals surface area contributed by atoms with E-state index in [1.165, 1.54) is 31.6 Å². The minimum Gasteiger partial charge on any atom is -0.504 e. The lowest BCUT2D eigenvalue weighted by molar-refractivity contribution is -0.127. The van der Waals surface area contributed by atoms with E-state index in [1.807, 2.05) is 18.2 Å². The van der Waals surface area contributed by atoms with Crippen molar-refractivity contribution in [1.29, 1.82) is 0 Å². The van der Waals surface area contributed by atoms with Crippen LogP contribution in [0.5, 0.6) is 5.75 Å². The molecule has 1 fully saturated rings. The molecule has 1 aliphatic heterocycles. The maximum absolute atomic E-state index is 14.2. The van der Waals surface area contributed by atoms with Gasteiger partial charge in [-0.15, -0.1) is 0 Å². The lowest BCUT2D eigenvalue weighted by Gasteiger charge is -2.17. The van der Waals surface area contributed by atoms with E-state index in [9.17, 15) is 19.1 Å². The Labute approximate surface area is 180 Å². The molecule has 0 atom stereocenters. The number of carbonyl (C=O) groups excluding carboxylic acids is 2. The van der Waals surface area contributed by atoms with Gasteiger partial charge in [0.15, 0.2) is 11.6 Å². The number of carbonyl (C=O) groups is 2. The number of hydrazone groups is 1. The summed E-state index contributed by atoms with van der Waals surface area (Å²) in [7, 11) is 1.44. The summed E-state index contributed by atoms with van der Waals surface area (Å²) >= 11 is 0. The first-order valence-corrected chi connectivity index (χ1v) is 10.0. The fourth-order valence-electron chi connectivity index (χ4n) is 3.27. The van der Waals surface area contributed by atoms with E-state index in [1.54, 1.807) is 12.1 Å². The molecule has 0 aliphatic carbocycles. The summed E-state index contributed by atoms with van der Waals surface area (Å²) in [6, 6.07) is 10.9. The second-order valence-electron chi connectivity index (χ2n) is 7.18. The van der Waals surface area contributed by atoms with Crippen LogP contribution in [0.1, 0.15) is 29.5 Å². The normalized spacial score (nSPS) is 13.8. The van der Waals surface area contributed by atoms with Crippen molar-refractivity contribution in [3.05, 3.63) is 58.9 Å². The zero-order valence-corrected chi connectivity index (χ0v) is 17.3. The Morgan fingerprint density at radius 1 is 1.19 bits per heavy atom. The third-order valence-corrected chi connectivity index (χ3v) is 5.00. The van der Waals surface area contributed by atoms with Crippen LogP contribution in [0.15, 0.2) is 41.5 Å². The quantitative estimate of drug-likeness (QED) is 0.295. The smallest absolute Gasteiger partial charge is 0.241 e. The van der Waals surface area contributed by atoms with E-state index in [0.29, 0.717) is 12.0 Å². The highest BCUT2D eigenvalue weighted by Crippen LogP contribution is 2.24. The van der Waals surface area contributed by atoms with Gasteiger partial charge in [-0.3, -0.25) is 9.59 Å². The van der Waals surface area contributed by atoms with Crippen LogP contribution in [0, 0.1) is 5.82 Å². The number of halogens is 1. The van der Waals surface area contributed by atoms with Gasteiger partial charge in [-0.25, -0.2) is 9.40 Å². The predicted molar refractivity (Wildman–Crippen MR) is 119 cm³/mol. The number of amides is 2. The number of anilines is 1. The van der Waals surface area contributed by atoms with Gasteiger partial charge in [-0.1, -0.05) is 24.3 Å². The molecule has 8 heteroatoms. The number of aromatic hydroxyl groups is 1. The molecule has 2 amide bonds. The highest BCUT2D eigenvalue weighted by Gasteiger charge is 2.12. The largest absolute Gasteiger partial charge is 0.504 e. The molecule has 0 bridgehead atoms. The van der Waals surface area contributed by atoms with Crippen LogP contribution in [0.4, 0.5) is 10.1 Å². The fraction of sp³-hybridized carbons (Fsp3) is 0.261. The van der Waals surface area contributed by atoms with Gasteiger partial charge >= 0.3 is 0 Å². The van der Waals surface area contributed by atoms with Crippen molar-refractivity contribution < 1.29 is 19.1 Å². The molecule has 2 aromatic rings. The van der Waals surface area contributed by atoms with Crippen molar-refractivity contribution in [2.24, 2.45) is 5.10 Å². The van der Waals surface area contributed by atoms with E-state index in [2.05, 4.69) is 27.5 Å². The first-order valence-electron chi connectivity index (χ1n) is 10.0. The van der Waals surface area contributed by atoms with E-state index >= 15 is 0 Å². The third-order valence-electron chi connectivity index (χ3n) is 5.00. The molecule has 1 heterocycles. The molecule has 0 spiro atoms. The summed E-state index contributed by atoms with van der Waals surface area (Å²) in [5.41, 5.74) is 2.77. The van der Waals surface area contributed by atoms with E-state index in [0.717, 1.165) is 29.9 Å². The molecule has 0 aromatic heterocycles. The Kier molecular flexibility index (Phi) is 7.37. The second-order valence-corrected chi connectivity index (χ2v) is 7.18. The molecule has 0 saturated carbocycles. The lowest BCUT2D eigenvalue weighted by Crippen LogP contribution is -2.31. The van der Waals surface area contributed by atoms with Crippen LogP contribution < -0.4 is 10.2 Å². The van der Waals surface area contributed by atoms with Crippen LogP contribution in [0.3, 0.4) is 0 Å². The van der Waals surface area contributed by atoms with Crippen molar-refractivity contribution in [3.8, 4) is 5.75 Å². The number of nitrogens with one attached hydrogen (secondary N) is 1. The maximum atomic E-state index is 14.2. The average Bonchev–Trinajstić information content (AvgIpc) is 3.33. The molecule has 31 heavy (non-hydrogen) atoms. The minimum absolute atomic E-state index is 0.0905. The van der Waals surface area contributed by atoms with Crippen LogP contribution in [-0.4, -0.2) is 55.3 Å². The van der Waals surface area contributed by atoms with Gasteiger partial charge in [0.05, 0.1) is 6.21 Å². The van der Waals surface area contributed by atoms with Gasteiger partial charge in [0.2, 0.25) is 12.3 Å². The third kappa shape index (κ3) is 5.91. The number of phenolic OH excluding ortho intramolecular Hbond substituents is 1. The summed E-state index contributed by atoms with van der Waals surface area (Å²) in [6.07, 6.45) is 7.52. The molecule has 1 aliphatic rings. The Morgan fingerprint density at radius 3 is 2.52 bits per heavy atom. The molecule has 2 aromatic carbocycles. The number of hydrogen-bond acceptors (Lipinski definition) is 5. The maximum Gasteiger partial charge on any atom is 0.241 e. The Balaban J connectivity index is 1.74. The van der Waals surface area contributed by atoms with E-state index < -0.39 is 17.5 Å². The Bertz CT molecular complexity index is 983. The molecule has 162 valence electrons. The SMILES string of the molecule is CNC(=O)CN(C=O)/N=C/c1cc(/C=C/c2ccc(N3CCCC3)cc2)cc(F)c1O. The van der Waals surface area contributed by atoms with Crippen molar-refractivity contribution in [3.63, 3.8) is 0 Å². The van der Waals surface area contributed by atoms with Gasteiger partial charge < -0.3 is 15.3 Å². The van der Waals surface area contributed by atoms with Crippen LogP contribution in [-0.2, 0) is 9.59 Å². The highest BCUT2D eigenvalue weighted by atomic mass is 19.1. The summed E-state index contributed by atoms with van der Waals surface area (Å²) in [4.78, 5) is 24.8. The van der Waals surface area contributed by atoms with E-state index in [4.69, 9.17) is 0 Å². The van der Waals surface area contributed by atoms with Crippen molar-refractivity contribution in [2.45, 2.75) is 12.8 Å². The minimum atomic E-state index is -0.808. The van der Waals surface area contributed by atoms with Gasteiger partial charge in [0.1, 0.15) is 6.54 Å². The zero-order chi connectivity index (χ0) is 22.2. The standard InChI is InChI=1S/C23H25FN4O3/c1-25-22(30)15-28(16-29)26-14-19-12-18(13-21(24)23(19)31)5-4-17-6-8-20(9-7-17)27-10-2-3-11-27/h4-9,12-14,16,31H,2-3,10-11,15H2,1H3,(H,25,30)/b5-4+,26-14+. The summed E-state index contributed by atoms with van der Waals surface area (Å²) in [6.45, 7) is 1.88. The monoisotopic (exact) mass is 424 g/mol. The predicted octanol–water partition coefficient (Wildman–Crippen LogP) is 2.84. The topological polar surface area (TPSA) is 85.2 Å². The zero-order valence-electron chi connectivity index (χ0n) is 17.3. The molecular weight excluding hydrogens is 399 g/mol. The van der Waals surface area contributed by atoms with Crippen LogP contribution >= 0.6 is 0 Å².